The normalized spacial score (nSPS) is 10.7. The third-order valence-electron chi connectivity index (χ3n) is 4.45. The van der Waals surface area contributed by atoms with Gasteiger partial charge in [0.2, 0.25) is 0 Å². The van der Waals surface area contributed by atoms with Gasteiger partial charge in [0.15, 0.2) is 0 Å². The minimum atomic E-state index is -0.404. The van der Waals surface area contributed by atoms with E-state index >= 15 is 0 Å². The molecule has 2 heterocycles. The lowest BCUT2D eigenvalue weighted by Crippen LogP contribution is -2.16. The smallest absolute Gasteiger partial charge is 0.258 e. The van der Waals surface area contributed by atoms with Crippen LogP contribution >= 0.6 is 0 Å². The number of pyridine rings is 1. The number of fused-ring (bicyclic) bond motifs is 1. The summed E-state index contributed by atoms with van der Waals surface area (Å²) >= 11 is 0. The van der Waals surface area contributed by atoms with Crippen molar-refractivity contribution in [2.45, 2.75) is 13.5 Å². The minimum Gasteiger partial charge on any atom is -0.487 e. The van der Waals surface area contributed by atoms with Crippen LogP contribution in [0.5, 0.6) is 5.75 Å². The maximum atomic E-state index is 13.0. The Bertz CT molecular complexity index is 1280. The fourth-order valence-corrected chi connectivity index (χ4v) is 2.96. The molecule has 0 saturated carbocycles. The molecule has 1 amide bonds. The quantitative estimate of drug-likeness (QED) is 0.547. The lowest BCUT2D eigenvalue weighted by Gasteiger charge is -2.10. The average molecular weight is 403 g/mol. The van der Waals surface area contributed by atoms with Crippen LogP contribution in [0.2, 0.25) is 0 Å². The highest BCUT2D eigenvalue weighted by Crippen LogP contribution is 2.19. The first-order chi connectivity index (χ1) is 14.5. The zero-order chi connectivity index (χ0) is 21.1. The summed E-state index contributed by atoms with van der Waals surface area (Å²) in [6.07, 6.45) is 1.74. The standard InChI is InChI=1S/C23H18FN3O3/c1-15-5-10-21-25-19(12-22(28)27(21)13-15)14-30-20-4-2-3-18(11-20)26-23(29)16-6-8-17(24)9-7-16/h2-13H,14H2,1H3,(H,26,29). The van der Waals surface area contributed by atoms with Crippen LogP contribution in [0, 0.1) is 12.7 Å². The Kier molecular flexibility index (Phi) is 5.26. The van der Waals surface area contributed by atoms with Crippen molar-refractivity contribution in [2.75, 3.05) is 5.32 Å². The van der Waals surface area contributed by atoms with Gasteiger partial charge in [0.25, 0.3) is 11.5 Å². The van der Waals surface area contributed by atoms with Gasteiger partial charge in [-0.1, -0.05) is 12.1 Å². The molecule has 2 aromatic heterocycles. The van der Waals surface area contributed by atoms with Gasteiger partial charge in [0.1, 0.15) is 23.8 Å². The van der Waals surface area contributed by atoms with E-state index < -0.39 is 5.82 Å². The van der Waals surface area contributed by atoms with Gasteiger partial charge in [0.05, 0.1) is 5.69 Å². The van der Waals surface area contributed by atoms with E-state index in [2.05, 4.69) is 10.3 Å². The highest BCUT2D eigenvalue weighted by molar-refractivity contribution is 6.04. The molecule has 0 aliphatic rings. The molecule has 0 radical (unpaired) electrons. The van der Waals surface area contributed by atoms with Gasteiger partial charge < -0.3 is 10.1 Å². The van der Waals surface area contributed by atoms with E-state index in [0.717, 1.165) is 5.56 Å². The SMILES string of the molecule is Cc1ccc2nc(COc3cccc(NC(=O)c4ccc(F)cc4)c3)cc(=O)n2c1. The van der Waals surface area contributed by atoms with Crippen molar-refractivity contribution < 1.29 is 13.9 Å². The Hall–Kier alpha value is -4.00. The number of halogens is 1. The van der Waals surface area contributed by atoms with Crippen LogP contribution in [-0.2, 0) is 6.61 Å². The minimum absolute atomic E-state index is 0.106. The van der Waals surface area contributed by atoms with Crippen LogP contribution < -0.4 is 15.6 Å². The number of ether oxygens (including phenoxy) is 1. The van der Waals surface area contributed by atoms with E-state index in [-0.39, 0.29) is 18.1 Å². The summed E-state index contributed by atoms with van der Waals surface area (Å²) in [5.74, 6) is -0.247. The van der Waals surface area contributed by atoms with E-state index in [1.54, 1.807) is 36.5 Å². The number of aryl methyl sites for hydroxylation is 1. The topological polar surface area (TPSA) is 72.7 Å². The van der Waals surface area contributed by atoms with Crippen LogP contribution in [0.3, 0.4) is 0 Å². The summed E-state index contributed by atoms with van der Waals surface area (Å²) in [4.78, 5) is 29.0. The molecular weight excluding hydrogens is 385 g/mol. The second kappa shape index (κ2) is 8.16. The van der Waals surface area contributed by atoms with Crippen molar-refractivity contribution >= 4 is 17.2 Å². The van der Waals surface area contributed by atoms with Gasteiger partial charge >= 0.3 is 0 Å². The summed E-state index contributed by atoms with van der Waals surface area (Å²) in [7, 11) is 0. The maximum Gasteiger partial charge on any atom is 0.258 e. The number of nitrogens with zero attached hydrogens (tertiary/aromatic N) is 2. The molecule has 0 fully saturated rings. The fourth-order valence-electron chi connectivity index (χ4n) is 2.96. The van der Waals surface area contributed by atoms with Crippen molar-refractivity contribution in [1.29, 1.82) is 0 Å². The number of benzene rings is 2. The second-order valence-corrected chi connectivity index (χ2v) is 6.80. The number of hydrogen-bond donors (Lipinski definition) is 1. The molecule has 1 N–H and O–H groups in total. The molecule has 0 bridgehead atoms. The predicted molar refractivity (Wildman–Crippen MR) is 111 cm³/mol. The highest BCUT2D eigenvalue weighted by atomic mass is 19.1. The number of nitrogens with one attached hydrogen (secondary N) is 1. The van der Waals surface area contributed by atoms with Crippen molar-refractivity contribution in [3.05, 3.63) is 106 Å². The Labute approximate surface area is 171 Å². The molecule has 0 aliphatic heterocycles. The van der Waals surface area contributed by atoms with Gasteiger partial charge in [-0.05, 0) is 55.0 Å². The van der Waals surface area contributed by atoms with Crippen molar-refractivity contribution in [3.63, 3.8) is 0 Å². The van der Waals surface area contributed by atoms with E-state index in [9.17, 15) is 14.0 Å². The molecule has 2 aromatic carbocycles. The number of hydrogen-bond acceptors (Lipinski definition) is 4. The van der Waals surface area contributed by atoms with Crippen molar-refractivity contribution in [2.24, 2.45) is 0 Å². The molecule has 4 rings (SSSR count). The van der Waals surface area contributed by atoms with Crippen LogP contribution in [0.15, 0.2) is 77.7 Å². The molecule has 7 heteroatoms. The Morgan fingerprint density at radius 1 is 1.10 bits per heavy atom. The van der Waals surface area contributed by atoms with E-state index in [4.69, 9.17) is 4.74 Å². The average Bonchev–Trinajstić information content (AvgIpc) is 2.73. The number of carbonyl (C=O) groups is 1. The lowest BCUT2D eigenvalue weighted by molar-refractivity contribution is 0.102. The number of anilines is 1. The first kappa shape index (κ1) is 19.3. The molecule has 0 spiro atoms. The van der Waals surface area contributed by atoms with Gasteiger partial charge in [0, 0.05) is 29.6 Å². The van der Waals surface area contributed by atoms with Crippen LogP contribution in [-0.4, -0.2) is 15.3 Å². The number of aromatic nitrogens is 2. The van der Waals surface area contributed by atoms with Crippen LogP contribution in [0.4, 0.5) is 10.1 Å². The first-order valence-corrected chi connectivity index (χ1v) is 9.27. The zero-order valence-corrected chi connectivity index (χ0v) is 16.1. The Morgan fingerprint density at radius 3 is 2.70 bits per heavy atom. The molecule has 30 heavy (non-hydrogen) atoms. The lowest BCUT2D eigenvalue weighted by atomic mass is 10.2. The molecule has 0 atom stereocenters. The summed E-state index contributed by atoms with van der Waals surface area (Å²) in [5, 5.41) is 2.74. The van der Waals surface area contributed by atoms with Gasteiger partial charge in [-0.2, -0.15) is 0 Å². The maximum absolute atomic E-state index is 13.0. The largest absolute Gasteiger partial charge is 0.487 e. The molecule has 150 valence electrons. The van der Waals surface area contributed by atoms with Crippen LogP contribution in [0.25, 0.3) is 5.65 Å². The summed E-state index contributed by atoms with van der Waals surface area (Å²) in [6.45, 7) is 2.01. The molecule has 0 aliphatic carbocycles. The highest BCUT2D eigenvalue weighted by Gasteiger charge is 2.08. The number of amides is 1. The molecule has 0 unspecified atom stereocenters. The van der Waals surface area contributed by atoms with E-state index in [1.165, 1.54) is 34.7 Å². The number of rotatable bonds is 5. The summed E-state index contributed by atoms with van der Waals surface area (Å²) < 4.78 is 20.3. The zero-order valence-electron chi connectivity index (χ0n) is 16.1. The number of carbonyl (C=O) groups excluding carboxylic acids is 1. The summed E-state index contributed by atoms with van der Waals surface area (Å²) in [6, 6.07) is 17.3. The third-order valence-corrected chi connectivity index (χ3v) is 4.45. The third kappa shape index (κ3) is 4.35. The van der Waals surface area contributed by atoms with Crippen molar-refractivity contribution in [3.8, 4) is 5.75 Å². The first-order valence-electron chi connectivity index (χ1n) is 9.27. The van der Waals surface area contributed by atoms with Gasteiger partial charge in [-0.3, -0.25) is 14.0 Å². The van der Waals surface area contributed by atoms with Gasteiger partial charge in [-0.15, -0.1) is 0 Å². The fraction of sp³-hybridized carbons (Fsp3) is 0.0870. The summed E-state index contributed by atoms with van der Waals surface area (Å²) in [5.41, 5.74) is 2.72. The predicted octanol–water partition coefficient (Wildman–Crippen LogP) is 3.97. The second-order valence-electron chi connectivity index (χ2n) is 6.80. The molecule has 0 saturated heterocycles. The van der Waals surface area contributed by atoms with E-state index in [1.807, 2.05) is 13.0 Å². The molecular formula is C23H18FN3O3. The molecule has 6 nitrogen and oxygen atoms in total. The Balaban J connectivity index is 1.46. The Morgan fingerprint density at radius 2 is 1.90 bits per heavy atom. The van der Waals surface area contributed by atoms with Crippen LogP contribution in [0.1, 0.15) is 21.6 Å². The van der Waals surface area contributed by atoms with Crippen molar-refractivity contribution in [1.82, 2.24) is 9.38 Å². The molecule has 4 aromatic rings. The van der Waals surface area contributed by atoms with Gasteiger partial charge in [-0.25, -0.2) is 9.37 Å². The monoisotopic (exact) mass is 403 g/mol. The van der Waals surface area contributed by atoms with E-state index in [0.29, 0.717) is 28.3 Å².